The maximum absolute atomic E-state index is 13.7. The van der Waals surface area contributed by atoms with Crippen molar-refractivity contribution >= 4 is 0 Å². The van der Waals surface area contributed by atoms with Crippen LogP contribution in [-0.2, 0) is 6.42 Å². The van der Waals surface area contributed by atoms with Crippen LogP contribution in [0.15, 0.2) is 51.7 Å². The molecule has 0 aliphatic heterocycles. The van der Waals surface area contributed by atoms with Crippen LogP contribution in [-0.4, -0.2) is 25.3 Å². The van der Waals surface area contributed by atoms with Crippen molar-refractivity contribution in [2.24, 2.45) is 0 Å². The summed E-state index contributed by atoms with van der Waals surface area (Å²) in [4.78, 5) is 8.23. The molecule has 0 N–H and O–H groups in total. The first-order valence-electron chi connectivity index (χ1n) is 7.51. The summed E-state index contributed by atoms with van der Waals surface area (Å²) in [5.74, 6) is 1.02. The van der Waals surface area contributed by atoms with E-state index in [1.54, 1.807) is 43.6 Å². The highest BCUT2D eigenvalue weighted by atomic mass is 19.1. The molecular weight excluding hydrogens is 325 g/mol. The Labute approximate surface area is 141 Å². The molecule has 0 aliphatic rings. The van der Waals surface area contributed by atoms with Crippen LogP contribution in [0.2, 0.25) is 0 Å². The third-order valence-corrected chi connectivity index (χ3v) is 3.59. The van der Waals surface area contributed by atoms with Gasteiger partial charge < -0.3 is 8.94 Å². The molecule has 0 saturated carbocycles. The highest BCUT2D eigenvalue weighted by molar-refractivity contribution is 5.54. The summed E-state index contributed by atoms with van der Waals surface area (Å²) in [5, 5.41) is 11.8. The van der Waals surface area contributed by atoms with Crippen LogP contribution in [0, 0.1) is 12.7 Å². The zero-order valence-electron chi connectivity index (χ0n) is 13.2. The third kappa shape index (κ3) is 3.14. The third-order valence-electron chi connectivity index (χ3n) is 3.59. The lowest BCUT2D eigenvalue weighted by molar-refractivity contribution is 0.374. The molecule has 3 aromatic heterocycles. The van der Waals surface area contributed by atoms with E-state index in [-0.39, 0.29) is 18.1 Å². The molecule has 0 amide bonds. The van der Waals surface area contributed by atoms with Crippen molar-refractivity contribution in [2.75, 3.05) is 0 Å². The maximum Gasteiger partial charge on any atom is 0.247 e. The number of rotatable bonds is 4. The summed E-state index contributed by atoms with van der Waals surface area (Å²) in [6.07, 6.45) is 3.49. The first-order chi connectivity index (χ1) is 12.2. The predicted octanol–water partition coefficient (Wildman–Crippen LogP) is 3.22. The summed E-state index contributed by atoms with van der Waals surface area (Å²) in [5.41, 5.74) is 1.87. The van der Waals surface area contributed by atoms with E-state index in [9.17, 15) is 4.39 Å². The summed E-state index contributed by atoms with van der Waals surface area (Å²) >= 11 is 0. The van der Waals surface area contributed by atoms with E-state index in [4.69, 9.17) is 8.94 Å². The molecule has 4 aromatic rings. The number of aromatic nitrogens is 5. The maximum atomic E-state index is 13.7. The first-order valence-corrected chi connectivity index (χ1v) is 7.51. The molecule has 4 rings (SSSR count). The van der Waals surface area contributed by atoms with Crippen LogP contribution in [0.4, 0.5) is 4.39 Å². The van der Waals surface area contributed by atoms with Crippen molar-refractivity contribution in [1.29, 1.82) is 0 Å². The molecule has 0 atom stereocenters. The quantitative estimate of drug-likeness (QED) is 0.564. The van der Waals surface area contributed by atoms with Gasteiger partial charge >= 0.3 is 0 Å². The molecule has 3 heterocycles. The largest absolute Gasteiger partial charge is 0.420 e. The van der Waals surface area contributed by atoms with Crippen molar-refractivity contribution in [3.05, 3.63) is 65.9 Å². The normalized spacial score (nSPS) is 11.0. The van der Waals surface area contributed by atoms with Gasteiger partial charge in [0.1, 0.15) is 12.2 Å². The van der Waals surface area contributed by atoms with Gasteiger partial charge in [-0.25, -0.2) is 4.39 Å². The fourth-order valence-corrected chi connectivity index (χ4v) is 2.24. The standard InChI is InChI=1S/C17H12FN5O2/c1-10-2-3-12(8-13(10)18)17-22-21-15(24-17)9-14-20-16(23-25-14)11-4-6-19-7-5-11/h2-8H,9H2,1H3. The summed E-state index contributed by atoms with van der Waals surface area (Å²) in [6, 6.07) is 8.31. The van der Waals surface area contributed by atoms with Gasteiger partial charge in [-0.05, 0) is 36.8 Å². The Balaban J connectivity index is 1.53. The van der Waals surface area contributed by atoms with Crippen molar-refractivity contribution in [3.8, 4) is 22.8 Å². The number of halogens is 1. The number of hydrogen-bond donors (Lipinski definition) is 0. The van der Waals surface area contributed by atoms with Crippen molar-refractivity contribution in [3.63, 3.8) is 0 Å². The SMILES string of the molecule is Cc1ccc(-c2nnc(Cc3nc(-c4ccncc4)no3)o2)cc1F. The van der Waals surface area contributed by atoms with Gasteiger partial charge in [0.05, 0.1) is 0 Å². The Morgan fingerprint density at radius 3 is 2.64 bits per heavy atom. The van der Waals surface area contributed by atoms with Crippen LogP contribution in [0.25, 0.3) is 22.8 Å². The van der Waals surface area contributed by atoms with Gasteiger partial charge in [0.2, 0.25) is 23.5 Å². The van der Waals surface area contributed by atoms with E-state index in [1.165, 1.54) is 6.07 Å². The number of hydrogen-bond acceptors (Lipinski definition) is 7. The van der Waals surface area contributed by atoms with Crippen molar-refractivity contribution in [1.82, 2.24) is 25.3 Å². The minimum atomic E-state index is -0.323. The van der Waals surface area contributed by atoms with Gasteiger partial charge in [0.25, 0.3) is 0 Å². The van der Waals surface area contributed by atoms with Gasteiger partial charge in [0, 0.05) is 23.5 Å². The highest BCUT2D eigenvalue weighted by Crippen LogP contribution is 2.22. The second-order valence-electron chi connectivity index (χ2n) is 5.39. The molecule has 0 unspecified atom stereocenters. The highest BCUT2D eigenvalue weighted by Gasteiger charge is 2.15. The Morgan fingerprint density at radius 2 is 1.84 bits per heavy atom. The second-order valence-corrected chi connectivity index (χ2v) is 5.39. The van der Waals surface area contributed by atoms with Crippen LogP contribution < -0.4 is 0 Å². The van der Waals surface area contributed by atoms with Crippen LogP contribution in [0.3, 0.4) is 0 Å². The first kappa shape index (κ1) is 15.1. The van der Waals surface area contributed by atoms with Gasteiger partial charge in [-0.2, -0.15) is 4.98 Å². The number of aryl methyl sites for hydroxylation is 1. The van der Waals surface area contributed by atoms with Crippen LogP contribution in [0.1, 0.15) is 17.3 Å². The molecule has 0 bridgehead atoms. The molecule has 25 heavy (non-hydrogen) atoms. The van der Waals surface area contributed by atoms with Gasteiger partial charge in [-0.3, -0.25) is 4.98 Å². The summed E-state index contributed by atoms with van der Waals surface area (Å²) in [6.45, 7) is 1.69. The predicted molar refractivity (Wildman–Crippen MR) is 84.8 cm³/mol. The average molecular weight is 337 g/mol. The molecule has 0 radical (unpaired) electrons. The average Bonchev–Trinajstić information content (AvgIpc) is 3.28. The lowest BCUT2D eigenvalue weighted by atomic mass is 10.1. The Bertz CT molecular complexity index is 1010. The van der Waals surface area contributed by atoms with Crippen molar-refractivity contribution in [2.45, 2.75) is 13.3 Å². The Kier molecular flexibility index (Phi) is 3.77. The monoisotopic (exact) mass is 337 g/mol. The summed E-state index contributed by atoms with van der Waals surface area (Å²) < 4.78 is 24.4. The molecule has 0 saturated heterocycles. The Morgan fingerprint density at radius 1 is 1.00 bits per heavy atom. The topological polar surface area (TPSA) is 90.7 Å². The van der Waals surface area contributed by atoms with Crippen molar-refractivity contribution < 1.29 is 13.3 Å². The lowest BCUT2D eigenvalue weighted by Crippen LogP contribution is -1.89. The van der Waals surface area contributed by atoms with Gasteiger partial charge in [-0.1, -0.05) is 11.2 Å². The van der Waals surface area contributed by atoms with Gasteiger partial charge in [-0.15, -0.1) is 10.2 Å². The number of nitrogens with zero attached hydrogens (tertiary/aromatic N) is 5. The van der Waals surface area contributed by atoms with E-state index in [0.29, 0.717) is 28.7 Å². The van der Waals surface area contributed by atoms with E-state index < -0.39 is 0 Å². The minimum absolute atomic E-state index is 0.194. The molecular formula is C17H12FN5O2. The second kappa shape index (κ2) is 6.23. The Hall–Kier alpha value is -3.42. The smallest absolute Gasteiger partial charge is 0.247 e. The molecule has 0 spiro atoms. The molecule has 124 valence electrons. The van der Waals surface area contributed by atoms with E-state index in [1.807, 2.05) is 0 Å². The van der Waals surface area contributed by atoms with E-state index in [2.05, 4.69) is 25.3 Å². The number of benzene rings is 1. The van der Waals surface area contributed by atoms with Gasteiger partial charge in [0.15, 0.2) is 0 Å². The molecule has 7 nitrogen and oxygen atoms in total. The zero-order chi connectivity index (χ0) is 17.2. The molecule has 0 fully saturated rings. The van der Waals surface area contributed by atoms with E-state index in [0.717, 1.165) is 5.56 Å². The molecule has 8 heteroatoms. The summed E-state index contributed by atoms with van der Waals surface area (Å²) in [7, 11) is 0. The van der Waals surface area contributed by atoms with E-state index >= 15 is 0 Å². The minimum Gasteiger partial charge on any atom is -0.420 e. The molecule has 0 aliphatic carbocycles. The number of pyridine rings is 1. The van der Waals surface area contributed by atoms with Crippen LogP contribution >= 0.6 is 0 Å². The van der Waals surface area contributed by atoms with Crippen LogP contribution in [0.5, 0.6) is 0 Å². The fourth-order valence-electron chi connectivity index (χ4n) is 2.24. The fraction of sp³-hybridized carbons (Fsp3) is 0.118. The zero-order valence-corrected chi connectivity index (χ0v) is 13.2. The lowest BCUT2D eigenvalue weighted by Gasteiger charge is -1.97. The molecule has 1 aromatic carbocycles.